The first-order valence-electron chi connectivity index (χ1n) is 5.35. The summed E-state index contributed by atoms with van der Waals surface area (Å²) >= 11 is 0. The molecule has 88 valence electrons. The quantitative estimate of drug-likeness (QED) is 0.240. The molecular weight excluding hydrogens is 268 g/mol. The molecule has 0 heterocycles. The second kappa shape index (κ2) is 20.6. The second-order valence-electron chi connectivity index (χ2n) is 3.19. The first kappa shape index (κ1) is 21.5. The van der Waals surface area contributed by atoms with E-state index in [0.29, 0.717) is 6.79 Å². The van der Waals surface area contributed by atoms with Crippen molar-refractivity contribution in [1.29, 1.82) is 0 Å². The Morgan fingerprint density at radius 2 is 1.60 bits per heavy atom. The molecule has 0 aliphatic carbocycles. The molecule has 0 bridgehead atoms. The van der Waals surface area contributed by atoms with E-state index >= 15 is 0 Å². The van der Waals surface area contributed by atoms with Gasteiger partial charge < -0.3 is 32.9 Å². The molecule has 0 spiro atoms. The van der Waals surface area contributed by atoms with Crippen molar-refractivity contribution in [3.63, 3.8) is 0 Å². The predicted molar refractivity (Wildman–Crippen MR) is 61.3 cm³/mol. The minimum absolute atomic E-state index is 0. The van der Waals surface area contributed by atoms with Crippen molar-refractivity contribution in [2.24, 2.45) is 0 Å². The van der Waals surface area contributed by atoms with Gasteiger partial charge in [0.2, 0.25) is 0 Å². The molecule has 15 heavy (non-hydrogen) atoms. The third-order valence-corrected chi connectivity index (χ3v) is 1.84. The Hall–Kier alpha value is 1.17. The van der Waals surface area contributed by atoms with E-state index in [1.165, 1.54) is 12.8 Å². The van der Waals surface area contributed by atoms with Crippen LogP contribution in [0.5, 0.6) is 0 Å². The first-order valence-corrected chi connectivity index (χ1v) is 5.35. The van der Waals surface area contributed by atoms with Crippen molar-refractivity contribution in [3.8, 4) is 0 Å². The van der Waals surface area contributed by atoms with Gasteiger partial charge in [0, 0.05) is 13.2 Å². The monoisotopic (exact) mass is 290 g/mol. The maximum Gasteiger partial charge on any atom is 2.00 e. The van der Waals surface area contributed by atoms with Gasteiger partial charge in [-0.15, -0.1) is 0 Å². The molecule has 0 saturated heterocycles. The van der Waals surface area contributed by atoms with E-state index in [-0.39, 0.29) is 40.0 Å². The Morgan fingerprint density at radius 3 is 2.13 bits per heavy atom. The summed E-state index contributed by atoms with van der Waals surface area (Å²) in [5.74, 6) is 0. The third kappa shape index (κ3) is 21.1. The summed E-state index contributed by atoms with van der Waals surface area (Å²) in [5.41, 5.74) is 0. The van der Waals surface area contributed by atoms with Crippen molar-refractivity contribution in [3.05, 3.63) is 6.42 Å². The molecule has 0 aliphatic rings. The molecule has 0 aromatic rings. The Morgan fingerprint density at radius 1 is 1.00 bits per heavy atom. The average Bonchev–Trinajstić information content (AvgIpc) is 2.16. The van der Waals surface area contributed by atoms with E-state index < -0.39 is 0 Å². The number of halogens is 1. The molecule has 0 aliphatic heterocycles. The zero-order valence-corrected chi connectivity index (χ0v) is 13.1. The summed E-state index contributed by atoms with van der Waals surface area (Å²) in [6, 6.07) is 0. The molecule has 0 unspecified atom stereocenters. The summed E-state index contributed by atoms with van der Waals surface area (Å²) in [4.78, 5) is 0. The zero-order chi connectivity index (χ0) is 9.78. The maximum atomic E-state index is 5.28. The standard InChI is InChI=1S/C11H23O2.BrH.Mg/c1-3-5-7-9-12-11-13-10-8-6-4-2;;/h3H,4-11H2,1-2H3;1H;/q-1;;+2/p-1. The average molecular weight is 292 g/mol. The number of rotatable bonds is 10. The zero-order valence-electron chi connectivity index (χ0n) is 10.1. The molecule has 0 aromatic carbocycles. The van der Waals surface area contributed by atoms with Crippen molar-refractivity contribution in [1.82, 2.24) is 0 Å². The fourth-order valence-electron chi connectivity index (χ4n) is 1.02. The number of ether oxygens (including phenoxy) is 2. The van der Waals surface area contributed by atoms with Crippen LogP contribution < -0.4 is 17.0 Å². The molecular formula is C11H23BrMgO2. The Kier molecular flexibility index (Phi) is 29.4. The van der Waals surface area contributed by atoms with E-state index in [0.717, 1.165) is 32.5 Å². The summed E-state index contributed by atoms with van der Waals surface area (Å²) in [5, 5.41) is 0. The molecule has 0 rings (SSSR count). The predicted octanol–water partition coefficient (Wildman–Crippen LogP) is -0.205. The molecule has 4 heteroatoms. The van der Waals surface area contributed by atoms with E-state index in [9.17, 15) is 0 Å². The Labute approximate surface area is 121 Å². The van der Waals surface area contributed by atoms with Crippen LogP contribution in [-0.2, 0) is 9.47 Å². The Bertz CT molecular complexity index is 84.7. The van der Waals surface area contributed by atoms with Crippen molar-refractivity contribution in [2.75, 3.05) is 20.0 Å². The van der Waals surface area contributed by atoms with Crippen LogP contribution in [0.3, 0.4) is 0 Å². The van der Waals surface area contributed by atoms with Gasteiger partial charge >= 0.3 is 23.1 Å². The molecule has 0 fully saturated rings. The number of unbranched alkanes of at least 4 members (excludes halogenated alkanes) is 4. The van der Waals surface area contributed by atoms with Gasteiger partial charge in [-0.25, -0.2) is 0 Å². The summed E-state index contributed by atoms with van der Waals surface area (Å²) in [6.07, 6.45) is 8.06. The third-order valence-electron chi connectivity index (χ3n) is 1.84. The maximum absolute atomic E-state index is 5.28. The molecule has 0 aromatic heterocycles. The van der Waals surface area contributed by atoms with Gasteiger partial charge in [-0.3, -0.25) is 0 Å². The largest absolute Gasteiger partial charge is 2.00 e. The SMILES string of the molecule is C[CH-]CCCOCOCCCCC.[Br-].[Mg+2]. The Balaban J connectivity index is -0.000000720. The van der Waals surface area contributed by atoms with Gasteiger partial charge in [-0.05, 0) is 6.42 Å². The van der Waals surface area contributed by atoms with Crippen LogP contribution in [0.25, 0.3) is 0 Å². The van der Waals surface area contributed by atoms with Crippen LogP contribution >= 0.6 is 0 Å². The van der Waals surface area contributed by atoms with E-state index in [1.807, 2.05) is 0 Å². The normalized spacial score (nSPS) is 9.20. The van der Waals surface area contributed by atoms with Crippen molar-refractivity contribution >= 4 is 23.1 Å². The molecule has 0 N–H and O–H groups in total. The van der Waals surface area contributed by atoms with Gasteiger partial charge in [0.25, 0.3) is 0 Å². The van der Waals surface area contributed by atoms with Gasteiger partial charge in [0.05, 0.1) is 0 Å². The van der Waals surface area contributed by atoms with Crippen LogP contribution in [0.2, 0.25) is 0 Å². The van der Waals surface area contributed by atoms with Gasteiger partial charge in [0.15, 0.2) is 0 Å². The molecule has 0 saturated carbocycles. The molecule has 2 nitrogen and oxygen atoms in total. The minimum Gasteiger partial charge on any atom is -1.00 e. The number of hydrogen-bond acceptors (Lipinski definition) is 2. The molecule has 0 amide bonds. The molecule has 0 atom stereocenters. The van der Waals surface area contributed by atoms with Crippen molar-refractivity contribution in [2.45, 2.75) is 46.0 Å². The number of hydrogen-bond donors (Lipinski definition) is 0. The van der Waals surface area contributed by atoms with E-state index in [1.54, 1.807) is 0 Å². The van der Waals surface area contributed by atoms with Crippen LogP contribution in [0.1, 0.15) is 46.0 Å². The van der Waals surface area contributed by atoms with Crippen molar-refractivity contribution < 1.29 is 26.5 Å². The summed E-state index contributed by atoms with van der Waals surface area (Å²) in [7, 11) is 0. The van der Waals surface area contributed by atoms with Crippen LogP contribution in [-0.4, -0.2) is 43.1 Å². The fourth-order valence-corrected chi connectivity index (χ4v) is 1.02. The smallest absolute Gasteiger partial charge is 1.00 e. The topological polar surface area (TPSA) is 18.5 Å². The van der Waals surface area contributed by atoms with Gasteiger partial charge in [-0.1, -0.05) is 26.2 Å². The summed E-state index contributed by atoms with van der Waals surface area (Å²) in [6.45, 7) is 6.39. The minimum atomic E-state index is 0. The van der Waals surface area contributed by atoms with Gasteiger partial charge in [0.1, 0.15) is 6.79 Å². The van der Waals surface area contributed by atoms with Crippen LogP contribution in [0.15, 0.2) is 0 Å². The second-order valence-corrected chi connectivity index (χ2v) is 3.19. The molecule has 0 radical (unpaired) electrons. The van der Waals surface area contributed by atoms with Crippen LogP contribution in [0, 0.1) is 6.42 Å². The van der Waals surface area contributed by atoms with Crippen LogP contribution in [0.4, 0.5) is 0 Å². The summed E-state index contributed by atoms with van der Waals surface area (Å²) < 4.78 is 10.6. The fraction of sp³-hybridized carbons (Fsp3) is 0.909. The van der Waals surface area contributed by atoms with E-state index in [4.69, 9.17) is 9.47 Å². The first-order chi connectivity index (χ1) is 6.41. The van der Waals surface area contributed by atoms with Gasteiger partial charge in [-0.2, -0.15) is 13.3 Å². The van der Waals surface area contributed by atoms with E-state index in [2.05, 4.69) is 20.3 Å².